The number of hydrogen-bond acceptors (Lipinski definition) is 6. The summed E-state index contributed by atoms with van der Waals surface area (Å²) >= 11 is 0. The predicted molar refractivity (Wildman–Crippen MR) is 73.5 cm³/mol. The van der Waals surface area contributed by atoms with E-state index in [2.05, 4.69) is 20.2 Å². The minimum atomic E-state index is -3.66. The summed E-state index contributed by atoms with van der Waals surface area (Å²) in [5, 5.41) is 6.59. The molecule has 2 N–H and O–H groups in total. The lowest BCUT2D eigenvalue weighted by Gasteiger charge is -2.11. The highest BCUT2D eigenvalue weighted by Gasteiger charge is 2.19. The highest BCUT2D eigenvalue weighted by molar-refractivity contribution is 7.89. The fourth-order valence-corrected chi connectivity index (χ4v) is 2.69. The van der Waals surface area contributed by atoms with E-state index in [-0.39, 0.29) is 11.4 Å². The van der Waals surface area contributed by atoms with Gasteiger partial charge in [0.1, 0.15) is 4.90 Å². The first kappa shape index (κ1) is 14.5. The number of nitrogens with zero attached hydrogens (tertiary/aromatic N) is 2. The highest BCUT2D eigenvalue weighted by Crippen LogP contribution is 2.19. The molecule has 0 aromatic carbocycles. The fourth-order valence-electron chi connectivity index (χ4n) is 1.58. The Bertz CT molecular complexity index is 640. The molecule has 0 radical (unpaired) electrons. The van der Waals surface area contributed by atoms with Gasteiger partial charge in [0.25, 0.3) is 0 Å². The van der Waals surface area contributed by atoms with Gasteiger partial charge in [-0.2, -0.15) is 0 Å². The Kier molecular flexibility index (Phi) is 4.70. The number of aromatic nitrogens is 2. The van der Waals surface area contributed by atoms with Crippen LogP contribution in [0.2, 0.25) is 0 Å². The van der Waals surface area contributed by atoms with Crippen LogP contribution < -0.4 is 10.0 Å². The molecule has 0 aliphatic carbocycles. The van der Waals surface area contributed by atoms with Gasteiger partial charge in [0.2, 0.25) is 10.0 Å². The van der Waals surface area contributed by atoms with E-state index in [4.69, 9.17) is 4.52 Å². The van der Waals surface area contributed by atoms with Gasteiger partial charge in [0.15, 0.2) is 5.76 Å². The van der Waals surface area contributed by atoms with Gasteiger partial charge in [0.05, 0.1) is 18.4 Å². The SMILES string of the molecule is CCCNc1ccncc1S(=O)(=O)NCc1ccno1. The van der Waals surface area contributed by atoms with E-state index in [0.29, 0.717) is 18.0 Å². The molecule has 7 nitrogen and oxygen atoms in total. The summed E-state index contributed by atoms with van der Waals surface area (Å²) in [7, 11) is -3.66. The zero-order valence-corrected chi connectivity index (χ0v) is 11.9. The van der Waals surface area contributed by atoms with Crippen molar-refractivity contribution in [1.82, 2.24) is 14.9 Å². The number of pyridine rings is 1. The molecule has 0 atom stereocenters. The van der Waals surface area contributed by atoms with Crippen molar-refractivity contribution < 1.29 is 12.9 Å². The van der Waals surface area contributed by atoms with Crippen LogP contribution in [0.1, 0.15) is 19.1 Å². The molecule has 0 saturated heterocycles. The molecule has 0 aliphatic heterocycles. The molecule has 0 spiro atoms. The van der Waals surface area contributed by atoms with Crippen LogP contribution in [0.25, 0.3) is 0 Å². The summed E-state index contributed by atoms with van der Waals surface area (Å²) in [5.41, 5.74) is 0.534. The average Bonchev–Trinajstić information content (AvgIpc) is 2.97. The smallest absolute Gasteiger partial charge is 0.244 e. The minimum absolute atomic E-state index is 0.0461. The van der Waals surface area contributed by atoms with E-state index in [1.807, 2.05) is 6.92 Å². The van der Waals surface area contributed by atoms with Crippen molar-refractivity contribution in [1.29, 1.82) is 0 Å². The summed E-state index contributed by atoms with van der Waals surface area (Å²) in [4.78, 5) is 3.99. The van der Waals surface area contributed by atoms with Gasteiger partial charge in [0, 0.05) is 25.0 Å². The molecular weight excluding hydrogens is 280 g/mol. The Balaban J connectivity index is 2.16. The van der Waals surface area contributed by atoms with Crippen molar-refractivity contribution in [2.45, 2.75) is 24.8 Å². The highest BCUT2D eigenvalue weighted by atomic mass is 32.2. The first-order chi connectivity index (χ1) is 9.63. The van der Waals surface area contributed by atoms with Gasteiger partial charge in [-0.05, 0) is 12.5 Å². The van der Waals surface area contributed by atoms with Gasteiger partial charge in [-0.3, -0.25) is 4.98 Å². The number of hydrogen-bond donors (Lipinski definition) is 2. The number of nitrogens with one attached hydrogen (secondary N) is 2. The number of rotatable bonds is 7. The van der Waals surface area contributed by atoms with Crippen LogP contribution in [0.15, 0.2) is 40.1 Å². The molecular formula is C12H16N4O3S. The normalized spacial score (nSPS) is 11.4. The molecule has 0 bridgehead atoms. The maximum Gasteiger partial charge on any atom is 0.244 e. The lowest BCUT2D eigenvalue weighted by molar-refractivity contribution is 0.380. The topological polar surface area (TPSA) is 97.1 Å². The zero-order valence-electron chi connectivity index (χ0n) is 11.0. The monoisotopic (exact) mass is 296 g/mol. The van der Waals surface area contributed by atoms with Crippen molar-refractivity contribution in [2.24, 2.45) is 0 Å². The predicted octanol–water partition coefficient (Wildman–Crippen LogP) is 1.37. The fraction of sp³-hybridized carbons (Fsp3) is 0.333. The van der Waals surface area contributed by atoms with Crippen LogP contribution in [0.3, 0.4) is 0 Å². The van der Waals surface area contributed by atoms with Crippen LogP contribution in [-0.2, 0) is 16.6 Å². The standard InChI is InChI=1S/C12H16N4O3S/c1-2-5-14-11-4-6-13-9-12(11)20(17,18)16-8-10-3-7-15-19-10/h3-4,6-7,9,16H,2,5,8H2,1H3,(H,13,14). The van der Waals surface area contributed by atoms with Crippen LogP contribution in [0.4, 0.5) is 5.69 Å². The van der Waals surface area contributed by atoms with E-state index in [9.17, 15) is 8.42 Å². The summed E-state index contributed by atoms with van der Waals surface area (Å²) < 4.78 is 31.8. The maximum absolute atomic E-state index is 12.3. The van der Waals surface area contributed by atoms with E-state index >= 15 is 0 Å². The molecule has 0 fully saturated rings. The number of sulfonamides is 1. The third-order valence-electron chi connectivity index (χ3n) is 2.57. The van der Waals surface area contributed by atoms with E-state index in [1.165, 1.54) is 12.4 Å². The van der Waals surface area contributed by atoms with Crippen molar-refractivity contribution in [3.8, 4) is 0 Å². The Morgan fingerprint density at radius 1 is 1.30 bits per heavy atom. The lowest BCUT2D eigenvalue weighted by Crippen LogP contribution is -2.24. The molecule has 0 saturated carbocycles. The van der Waals surface area contributed by atoms with Crippen LogP contribution in [-0.4, -0.2) is 25.1 Å². The summed E-state index contributed by atoms with van der Waals surface area (Å²) in [6, 6.07) is 3.24. The van der Waals surface area contributed by atoms with E-state index in [0.717, 1.165) is 6.42 Å². The van der Waals surface area contributed by atoms with Crippen molar-refractivity contribution in [3.05, 3.63) is 36.5 Å². The molecule has 2 aromatic rings. The second-order valence-electron chi connectivity index (χ2n) is 4.10. The van der Waals surface area contributed by atoms with Crippen molar-refractivity contribution in [2.75, 3.05) is 11.9 Å². The molecule has 0 unspecified atom stereocenters. The summed E-state index contributed by atoms with van der Waals surface area (Å²) in [6.07, 6.45) is 5.23. The maximum atomic E-state index is 12.3. The van der Waals surface area contributed by atoms with Crippen LogP contribution in [0.5, 0.6) is 0 Å². The molecule has 2 aromatic heterocycles. The van der Waals surface area contributed by atoms with Gasteiger partial charge in [-0.15, -0.1) is 0 Å². The Morgan fingerprint density at radius 2 is 2.15 bits per heavy atom. The molecule has 0 amide bonds. The first-order valence-electron chi connectivity index (χ1n) is 6.20. The minimum Gasteiger partial charge on any atom is -0.384 e. The lowest BCUT2D eigenvalue weighted by atomic mass is 10.4. The third-order valence-corrected chi connectivity index (χ3v) is 4.00. The molecule has 8 heteroatoms. The van der Waals surface area contributed by atoms with Crippen molar-refractivity contribution in [3.63, 3.8) is 0 Å². The van der Waals surface area contributed by atoms with E-state index < -0.39 is 10.0 Å². The van der Waals surface area contributed by atoms with Crippen LogP contribution >= 0.6 is 0 Å². The third kappa shape index (κ3) is 3.55. The van der Waals surface area contributed by atoms with Crippen LogP contribution in [0, 0.1) is 0 Å². The molecule has 2 heterocycles. The Hall–Kier alpha value is -1.93. The van der Waals surface area contributed by atoms with Gasteiger partial charge < -0.3 is 9.84 Å². The number of anilines is 1. The molecule has 0 aliphatic rings. The Morgan fingerprint density at radius 3 is 2.85 bits per heavy atom. The first-order valence-corrected chi connectivity index (χ1v) is 7.69. The quantitative estimate of drug-likeness (QED) is 0.801. The second-order valence-corrected chi connectivity index (χ2v) is 5.84. The average molecular weight is 296 g/mol. The largest absolute Gasteiger partial charge is 0.384 e. The molecule has 2 rings (SSSR count). The van der Waals surface area contributed by atoms with E-state index in [1.54, 1.807) is 18.3 Å². The zero-order chi connectivity index (χ0) is 14.4. The molecule has 108 valence electrons. The second kappa shape index (κ2) is 6.49. The Labute approximate surface area is 117 Å². The summed E-state index contributed by atoms with van der Waals surface area (Å²) in [6.45, 7) is 2.74. The van der Waals surface area contributed by atoms with Gasteiger partial charge in [-0.25, -0.2) is 13.1 Å². The molecule has 20 heavy (non-hydrogen) atoms. The van der Waals surface area contributed by atoms with Crippen molar-refractivity contribution >= 4 is 15.7 Å². The van der Waals surface area contributed by atoms with Gasteiger partial charge >= 0.3 is 0 Å². The summed E-state index contributed by atoms with van der Waals surface area (Å²) in [5.74, 6) is 0.445. The van der Waals surface area contributed by atoms with Gasteiger partial charge in [-0.1, -0.05) is 12.1 Å².